The Bertz CT molecular complexity index is 616. The molecule has 0 spiro atoms. The molecule has 92 valence electrons. The van der Waals surface area contributed by atoms with Crippen LogP contribution in [0.4, 0.5) is 0 Å². The van der Waals surface area contributed by atoms with Gasteiger partial charge in [-0.25, -0.2) is 12.7 Å². The van der Waals surface area contributed by atoms with Crippen LogP contribution in [-0.2, 0) is 15.8 Å². The van der Waals surface area contributed by atoms with Crippen LogP contribution in [0.3, 0.4) is 0 Å². The average Bonchev–Trinajstić information content (AvgIpc) is 2.74. The van der Waals surface area contributed by atoms with E-state index in [0.717, 1.165) is 16.5 Å². The van der Waals surface area contributed by atoms with Crippen molar-refractivity contribution in [2.75, 3.05) is 13.6 Å². The van der Waals surface area contributed by atoms with E-state index in [-0.39, 0.29) is 5.75 Å². The molecule has 1 aromatic heterocycles. The van der Waals surface area contributed by atoms with Gasteiger partial charge in [0.15, 0.2) is 0 Å². The second-order valence-corrected chi connectivity index (χ2v) is 6.15. The molecule has 4 nitrogen and oxygen atoms in total. The molecule has 0 aliphatic heterocycles. The number of nitrogens with zero attached hydrogens (tertiary/aromatic N) is 1. The summed E-state index contributed by atoms with van der Waals surface area (Å²) in [4.78, 5) is 3.08. The highest BCUT2D eigenvalue weighted by Gasteiger charge is 2.16. The van der Waals surface area contributed by atoms with Crippen LogP contribution < -0.4 is 0 Å². The number of fused-ring (bicyclic) bond motifs is 1. The number of hydrogen-bond acceptors (Lipinski definition) is 2. The lowest BCUT2D eigenvalue weighted by molar-refractivity contribution is 0.485. The number of nitrogens with one attached hydrogen (secondary N) is 1. The second kappa shape index (κ2) is 4.50. The molecule has 0 saturated heterocycles. The minimum absolute atomic E-state index is 0.0540. The van der Waals surface area contributed by atoms with Crippen LogP contribution in [-0.4, -0.2) is 31.3 Å². The molecule has 0 fully saturated rings. The number of sulfonamides is 1. The molecule has 0 unspecified atom stereocenters. The van der Waals surface area contributed by atoms with Crippen molar-refractivity contribution in [3.8, 4) is 0 Å². The van der Waals surface area contributed by atoms with E-state index in [1.165, 1.54) is 4.31 Å². The van der Waals surface area contributed by atoms with Crippen molar-refractivity contribution in [2.45, 2.75) is 12.7 Å². The summed E-state index contributed by atoms with van der Waals surface area (Å²) in [5, 5.41) is 1.04. The van der Waals surface area contributed by atoms with Crippen LogP contribution >= 0.6 is 0 Å². The van der Waals surface area contributed by atoms with Crippen LogP contribution in [0.15, 0.2) is 30.5 Å². The lowest BCUT2D eigenvalue weighted by Gasteiger charge is -2.14. The third-order valence-electron chi connectivity index (χ3n) is 2.89. The lowest BCUT2D eigenvalue weighted by atomic mass is 10.2. The quantitative estimate of drug-likeness (QED) is 0.904. The van der Waals surface area contributed by atoms with Crippen molar-refractivity contribution < 1.29 is 8.42 Å². The van der Waals surface area contributed by atoms with Gasteiger partial charge < -0.3 is 4.98 Å². The highest BCUT2D eigenvalue weighted by Crippen LogP contribution is 2.17. The predicted molar refractivity (Wildman–Crippen MR) is 69.2 cm³/mol. The summed E-state index contributed by atoms with van der Waals surface area (Å²) >= 11 is 0. The molecule has 0 bridgehead atoms. The number of rotatable bonds is 4. The molecule has 2 aromatic rings. The van der Waals surface area contributed by atoms with Crippen LogP contribution in [0.2, 0.25) is 0 Å². The van der Waals surface area contributed by atoms with Gasteiger partial charge in [0.25, 0.3) is 0 Å². The number of aromatic amines is 1. The van der Waals surface area contributed by atoms with Gasteiger partial charge in [0.05, 0.1) is 5.75 Å². The van der Waals surface area contributed by atoms with E-state index >= 15 is 0 Å². The van der Waals surface area contributed by atoms with Gasteiger partial charge in [0.2, 0.25) is 10.0 Å². The van der Waals surface area contributed by atoms with E-state index in [1.54, 1.807) is 7.05 Å². The first kappa shape index (κ1) is 12.1. The van der Waals surface area contributed by atoms with E-state index in [4.69, 9.17) is 0 Å². The molecule has 1 heterocycles. The summed E-state index contributed by atoms with van der Waals surface area (Å²) < 4.78 is 25.2. The fourth-order valence-electron chi connectivity index (χ4n) is 1.71. The summed E-state index contributed by atoms with van der Waals surface area (Å²) in [6.07, 6.45) is 1.85. The van der Waals surface area contributed by atoms with Gasteiger partial charge in [-0.2, -0.15) is 0 Å². The van der Waals surface area contributed by atoms with Crippen LogP contribution in [0, 0.1) is 0 Å². The van der Waals surface area contributed by atoms with Crippen molar-refractivity contribution >= 4 is 20.9 Å². The molecule has 5 heteroatoms. The van der Waals surface area contributed by atoms with Crippen molar-refractivity contribution in [3.63, 3.8) is 0 Å². The third-order valence-corrected chi connectivity index (χ3v) is 4.79. The maximum Gasteiger partial charge on any atom is 0.218 e. The Hall–Kier alpha value is -1.33. The van der Waals surface area contributed by atoms with Gasteiger partial charge in [-0.15, -0.1) is 0 Å². The number of aromatic nitrogens is 1. The Morgan fingerprint density at radius 1 is 1.29 bits per heavy atom. The lowest BCUT2D eigenvalue weighted by Crippen LogP contribution is -2.27. The van der Waals surface area contributed by atoms with E-state index in [2.05, 4.69) is 4.98 Å². The maximum absolute atomic E-state index is 11.9. The molecule has 1 N–H and O–H groups in total. The van der Waals surface area contributed by atoms with Gasteiger partial charge in [-0.1, -0.05) is 13.0 Å². The van der Waals surface area contributed by atoms with Crippen LogP contribution in [0.25, 0.3) is 10.9 Å². The largest absolute Gasteiger partial charge is 0.361 e. The highest BCUT2D eigenvalue weighted by atomic mass is 32.2. The number of hydrogen-bond donors (Lipinski definition) is 1. The van der Waals surface area contributed by atoms with E-state index in [1.807, 2.05) is 37.4 Å². The molecule has 0 aliphatic carbocycles. The third kappa shape index (κ3) is 2.50. The Balaban J connectivity index is 2.29. The van der Waals surface area contributed by atoms with Gasteiger partial charge in [-0.05, 0) is 29.1 Å². The van der Waals surface area contributed by atoms with Crippen molar-refractivity contribution in [3.05, 3.63) is 36.0 Å². The summed E-state index contributed by atoms with van der Waals surface area (Å²) in [5.74, 6) is 0.0540. The number of H-pyrrole nitrogens is 1. The zero-order valence-corrected chi connectivity index (χ0v) is 10.8. The zero-order chi connectivity index (χ0) is 12.5. The molecule has 0 amide bonds. The Kier molecular flexibility index (Phi) is 3.22. The maximum atomic E-state index is 11.9. The molecule has 2 rings (SSSR count). The van der Waals surface area contributed by atoms with Crippen molar-refractivity contribution in [2.24, 2.45) is 0 Å². The van der Waals surface area contributed by atoms with Crippen LogP contribution in [0.1, 0.15) is 12.5 Å². The molecular formula is C12H16N2O2S. The molecule has 0 atom stereocenters. The normalized spacial score (nSPS) is 12.4. The molecule has 17 heavy (non-hydrogen) atoms. The second-order valence-electron chi connectivity index (χ2n) is 4.07. The minimum atomic E-state index is -3.19. The van der Waals surface area contributed by atoms with E-state index in [0.29, 0.717) is 6.54 Å². The first-order valence-electron chi connectivity index (χ1n) is 5.53. The first-order chi connectivity index (χ1) is 8.03. The standard InChI is InChI=1S/C12H16N2O2S/c1-3-14(2)17(15,16)9-10-4-5-12-11(8-10)6-7-13-12/h4-8,13H,3,9H2,1-2H3. The molecule has 0 aliphatic rings. The summed E-state index contributed by atoms with van der Waals surface area (Å²) in [7, 11) is -1.59. The van der Waals surface area contributed by atoms with E-state index in [9.17, 15) is 8.42 Å². The summed E-state index contributed by atoms with van der Waals surface area (Å²) in [6, 6.07) is 7.61. The minimum Gasteiger partial charge on any atom is -0.361 e. The van der Waals surface area contributed by atoms with E-state index < -0.39 is 10.0 Å². The van der Waals surface area contributed by atoms with Gasteiger partial charge in [-0.3, -0.25) is 0 Å². The SMILES string of the molecule is CCN(C)S(=O)(=O)Cc1ccc2[nH]ccc2c1. The smallest absolute Gasteiger partial charge is 0.218 e. The molecule has 0 radical (unpaired) electrons. The van der Waals surface area contributed by atoms with Gasteiger partial charge >= 0.3 is 0 Å². The Morgan fingerprint density at radius 3 is 2.76 bits per heavy atom. The fourth-order valence-corrected chi connectivity index (χ4v) is 2.92. The predicted octanol–water partition coefficient (Wildman–Crippen LogP) is 1.95. The van der Waals surface area contributed by atoms with Crippen molar-refractivity contribution in [1.29, 1.82) is 0 Å². The summed E-state index contributed by atoms with van der Waals surface area (Å²) in [5.41, 5.74) is 1.84. The Morgan fingerprint density at radius 2 is 2.06 bits per heavy atom. The van der Waals surface area contributed by atoms with Gasteiger partial charge in [0.1, 0.15) is 0 Å². The Labute approximate surface area is 101 Å². The van der Waals surface area contributed by atoms with Gasteiger partial charge in [0, 0.05) is 25.3 Å². The zero-order valence-electron chi connectivity index (χ0n) is 9.97. The topological polar surface area (TPSA) is 53.2 Å². The van der Waals surface area contributed by atoms with Crippen LogP contribution in [0.5, 0.6) is 0 Å². The van der Waals surface area contributed by atoms with Crippen molar-refractivity contribution in [1.82, 2.24) is 9.29 Å². The molecule has 0 saturated carbocycles. The fraction of sp³-hybridized carbons (Fsp3) is 0.333. The average molecular weight is 252 g/mol. The summed E-state index contributed by atoms with van der Waals surface area (Å²) in [6.45, 7) is 2.32. The molecular weight excluding hydrogens is 236 g/mol. The highest BCUT2D eigenvalue weighted by molar-refractivity contribution is 7.88. The monoisotopic (exact) mass is 252 g/mol. The molecule has 1 aromatic carbocycles. The first-order valence-corrected chi connectivity index (χ1v) is 7.14. The number of benzene rings is 1.